The van der Waals surface area contributed by atoms with Gasteiger partial charge >= 0.3 is 5.97 Å². The first-order valence-corrected chi connectivity index (χ1v) is 6.18. The number of carbonyl (C=O) groups excluding carboxylic acids is 1. The lowest BCUT2D eigenvalue weighted by Gasteiger charge is -2.28. The Morgan fingerprint density at radius 1 is 1.24 bits per heavy atom. The van der Waals surface area contributed by atoms with Crippen LogP contribution in [-0.2, 0) is 14.3 Å². The van der Waals surface area contributed by atoms with Gasteiger partial charge in [-0.2, -0.15) is 0 Å². The lowest BCUT2D eigenvalue weighted by molar-refractivity contribution is -0.145. The number of hydrogen-bond acceptors (Lipinski definition) is 3. The number of hydrogen-bond donors (Lipinski definition) is 1. The van der Waals surface area contributed by atoms with Crippen LogP contribution in [0.1, 0.15) is 25.7 Å². The summed E-state index contributed by atoms with van der Waals surface area (Å²) in [5.41, 5.74) is 0. The normalized spacial score (nSPS) is 29.5. The summed E-state index contributed by atoms with van der Waals surface area (Å²) in [7, 11) is 1.70. The van der Waals surface area contributed by atoms with Crippen LogP contribution < -0.4 is 0 Å². The maximum atomic E-state index is 12.2. The van der Waals surface area contributed by atoms with E-state index in [2.05, 4.69) is 0 Å². The zero-order valence-corrected chi connectivity index (χ0v) is 10.1. The summed E-state index contributed by atoms with van der Waals surface area (Å²) in [5.74, 6) is -1.27. The predicted molar refractivity (Wildman–Crippen MR) is 60.5 cm³/mol. The van der Waals surface area contributed by atoms with Crippen LogP contribution in [-0.4, -0.2) is 48.2 Å². The second kappa shape index (κ2) is 5.04. The van der Waals surface area contributed by atoms with E-state index in [0.29, 0.717) is 6.61 Å². The number of carbonyl (C=O) groups is 2. The molecular formula is C12H19NO4. The van der Waals surface area contributed by atoms with Gasteiger partial charge in [0, 0.05) is 13.0 Å². The number of carboxylic acid groups (broad SMARTS) is 1. The third-order valence-corrected chi connectivity index (χ3v) is 3.92. The van der Waals surface area contributed by atoms with Gasteiger partial charge < -0.3 is 14.7 Å². The molecule has 96 valence electrons. The van der Waals surface area contributed by atoms with Gasteiger partial charge in [0.25, 0.3) is 0 Å². The van der Waals surface area contributed by atoms with Gasteiger partial charge in [0.1, 0.15) is 5.92 Å². The van der Waals surface area contributed by atoms with Crippen LogP contribution in [0.5, 0.6) is 0 Å². The maximum Gasteiger partial charge on any atom is 0.311 e. The Morgan fingerprint density at radius 3 is 2.47 bits per heavy atom. The van der Waals surface area contributed by atoms with Crippen LogP contribution >= 0.6 is 0 Å². The SMILES string of the molecule is CN(C(=O)C1CCCC1)C1COCC1C(=O)O. The fraction of sp³-hybridized carbons (Fsp3) is 0.833. The van der Waals surface area contributed by atoms with Gasteiger partial charge in [0.2, 0.25) is 5.91 Å². The Bertz CT molecular complexity index is 312. The lowest BCUT2D eigenvalue weighted by Crippen LogP contribution is -2.46. The molecule has 1 aliphatic carbocycles. The van der Waals surface area contributed by atoms with Crippen LogP contribution in [0, 0.1) is 11.8 Å². The van der Waals surface area contributed by atoms with Crippen LogP contribution in [0.15, 0.2) is 0 Å². The molecule has 2 fully saturated rings. The van der Waals surface area contributed by atoms with E-state index in [9.17, 15) is 9.59 Å². The van der Waals surface area contributed by atoms with E-state index < -0.39 is 11.9 Å². The molecule has 2 aliphatic rings. The van der Waals surface area contributed by atoms with Crippen molar-refractivity contribution in [3.8, 4) is 0 Å². The topological polar surface area (TPSA) is 66.8 Å². The van der Waals surface area contributed by atoms with Crippen molar-refractivity contribution < 1.29 is 19.4 Å². The Balaban J connectivity index is 2.00. The first-order chi connectivity index (χ1) is 8.11. The van der Waals surface area contributed by atoms with E-state index in [1.807, 2.05) is 0 Å². The molecule has 1 saturated heterocycles. The summed E-state index contributed by atoms with van der Waals surface area (Å²) in [6.45, 7) is 0.550. The number of aliphatic carboxylic acids is 1. The molecule has 1 saturated carbocycles. The molecule has 0 aromatic heterocycles. The van der Waals surface area contributed by atoms with Gasteiger partial charge in [-0.1, -0.05) is 12.8 Å². The standard InChI is InChI=1S/C12H19NO4/c1-13(11(14)8-4-2-3-5-8)10-7-17-6-9(10)12(15)16/h8-10H,2-7H2,1H3,(H,15,16). The van der Waals surface area contributed by atoms with Gasteiger partial charge in [-0.05, 0) is 12.8 Å². The van der Waals surface area contributed by atoms with Gasteiger partial charge in [-0.25, -0.2) is 0 Å². The zero-order valence-electron chi connectivity index (χ0n) is 10.1. The summed E-state index contributed by atoms with van der Waals surface area (Å²) >= 11 is 0. The smallest absolute Gasteiger partial charge is 0.311 e. The number of rotatable bonds is 3. The molecule has 0 spiro atoms. The van der Waals surface area contributed by atoms with E-state index in [1.54, 1.807) is 11.9 Å². The van der Waals surface area contributed by atoms with Crippen molar-refractivity contribution in [3.05, 3.63) is 0 Å². The monoisotopic (exact) mass is 241 g/mol. The highest BCUT2D eigenvalue weighted by Crippen LogP contribution is 2.28. The average molecular weight is 241 g/mol. The zero-order chi connectivity index (χ0) is 12.4. The predicted octanol–water partition coefficient (Wildman–Crippen LogP) is 0.735. The summed E-state index contributed by atoms with van der Waals surface area (Å²) in [4.78, 5) is 24.8. The molecular weight excluding hydrogens is 222 g/mol. The fourth-order valence-corrected chi connectivity index (χ4v) is 2.78. The molecule has 1 aliphatic heterocycles. The van der Waals surface area contributed by atoms with Crippen LogP contribution in [0.3, 0.4) is 0 Å². The minimum Gasteiger partial charge on any atom is -0.481 e. The van der Waals surface area contributed by atoms with Gasteiger partial charge in [-0.3, -0.25) is 9.59 Å². The van der Waals surface area contributed by atoms with Gasteiger partial charge in [0.05, 0.1) is 19.3 Å². The number of carboxylic acids is 1. The second-order valence-electron chi connectivity index (χ2n) is 4.98. The molecule has 5 heteroatoms. The van der Waals surface area contributed by atoms with Crippen molar-refractivity contribution >= 4 is 11.9 Å². The van der Waals surface area contributed by atoms with Crippen molar-refractivity contribution in [3.63, 3.8) is 0 Å². The average Bonchev–Trinajstić information content (AvgIpc) is 2.97. The molecule has 1 amide bonds. The highest BCUT2D eigenvalue weighted by molar-refractivity contribution is 5.80. The molecule has 0 bridgehead atoms. The van der Waals surface area contributed by atoms with E-state index in [0.717, 1.165) is 25.7 Å². The van der Waals surface area contributed by atoms with E-state index in [1.165, 1.54) is 0 Å². The molecule has 1 heterocycles. The first-order valence-electron chi connectivity index (χ1n) is 6.18. The lowest BCUT2D eigenvalue weighted by atomic mass is 10.00. The van der Waals surface area contributed by atoms with Crippen molar-refractivity contribution in [2.75, 3.05) is 20.3 Å². The summed E-state index contributed by atoms with van der Waals surface area (Å²) in [6.07, 6.45) is 4.09. The minimum absolute atomic E-state index is 0.0873. The Kier molecular flexibility index (Phi) is 3.66. The maximum absolute atomic E-state index is 12.2. The third kappa shape index (κ3) is 2.44. The van der Waals surface area contributed by atoms with Crippen LogP contribution in [0.4, 0.5) is 0 Å². The minimum atomic E-state index is -0.876. The van der Waals surface area contributed by atoms with E-state index >= 15 is 0 Å². The van der Waals surface area contributed by atoms with E-state index in [4.69, 9.17) is 9.84 Å². The fourth-order valence-electron chi connectivity index (χ4n) is 2.78. The Morgan fingerprint density at radius 2 is 1.88 bits per heavy atom. The largest absolute Gasteiger partial charge is 0.481 e. The molecule has 0 aromatic rings. The highest BCUT2D eigenvalue weighted by Gasteiger charge is 2.40. The molecule has 17 heavy (non-hydrogen) atoms. The highest BCUT2D eigenvalue weighted by atomic mass is 16.5. The molecule has 2 atom stereocenters. The number of nitrogens with zero attached hydrogens (tertiary/aromatic N) is 1. The van der Waals surface area contributed by atoms with Crippen molar-refractivity contribution in [2.45, 2.75) is 31.7 Å². The number of likely N-dealkylation sites (N-methyl/N-ethyl adjacent to an activating group) is 1. The summed E-state index contributed by atoms with van der Waals surface area (Å²) in [6, 6.07) is -0.305. The Hall–Kier alpha value is -1.10. The Labute approximate surface area is 101 Å². The molecule has 5 nitrogen and oxygen atoms in total. The van der Waals surface area contributed by atoms with Crippen molar-refractivity contribution in [1.29, 1.82) is 0 Å². The molecule has 2 unspecified atom stereocenters. The summed E-state index contributed by atoms with van der Waals surface area (Å²) in [5, 5.41) is 9.06. The van der Waals surface area contributed by atoms with Crippen molar-refractivity contribution in [2.24, 2.45) is 11.8 Å². The molecule has 0 radical (unpaired) electrons. The van der Waals surface area contributed by atoms with Gasteiger partial charge in [-0.15, -0.1) is 0 Å². The molecule has 0 aromatic carbocycles. The van der Waals surface area contributed by atoms with E-state index in [-0.39, 0.29) is 24.5 Å². The van der Waals surface area contributed by atoms with Crippen molar-refractivity contribution in [1.82, 2.24) is 4.90 Å². The second-order valence-corrected chi connectivity index (χ2v) is 4.98. The number of ether oxygens (including phenoxy) is 1. The molecule has 2 rings (SSSR count). The first kappa shape index (κ1) is 12.4. The molecule has 1 N–H and O–H groups in total. The number of amides is 1. The quantitative estimate of drug-likeness (QED) is 0.791. The van der Waals surface area contributed by atoms with Crippen LogP contribution in [0.25, 0.3) is 0 Å². The van der Waals surface area contributed by atoms with Gasteiger partial charge in [0.15, 0.2) is 0 Å². The third-order valence-electron chi connectivity index (χ3n) is 3.92. The van der Waals surface area contributed by atoms with Crippen LogP contribution in [0.2, 0.25) is 0 Å². The summed E-state index contributed by atoms with van der Waals surface area (Å²) < 4.78 is 5.19.